The Kier molecular flexibility index (Phi) is 4.01. The summed E-state index contributed by atoms with van der Waals surface area (Å²) in [4.78, 5) is 11.4. The van der Waals surface area contributed by atoms with Crippen molar-refractivity contribution >= 4 is 6.29 Å². The first-order valence-corrected chi connectivity index (χ1v) is 6.95. The summed E-state index contributed by atoms with van der Waals surface area (Å²) < 4.78 is 0. The van der Waals surface area contributed by atoms with Crippen molar-refractivity contribution < 1.29 is 4.79 Å². The van der Waals surface area contributed by atoms with Gasteiger partial charge in [-0.25, -0.2) is 0 Å². The fourth-order valence-corrected chi connectivity index (χ4v) is 3.66. The maximum absolute atomic E-state index is 11.4. The maximum Gasteiger partial charge on any atom is 0.220 e. The molecule has 0 aromatic heterocycles. The maximum atomic E-state index is 11.4. The third-order valence-electron chi connectivity index (χ3n) is 4.74. The molecular weight excluding hydrogens is 198 g/mol. The number of hydrogen-bond acceptors (Lipinski definition) is 2. The van der Waals surface area contributed by atoms with Crippen LogP contribution < -0.4 is 5.73 Å². The van der Waals surface area contributed by atoms with E-state index in [9.17, 15) is 4.79 Å². The molecule has 0 saturated heterocycles. The van der Waals surface area contributed by atoms with Gasteiger partial charge < -0.3 is 5.73 Å². The molecule has 0 bridgehead atoms. The molecule has 91 valence electrons. The third kappa shape index (κ3) is 2.32. The molecule has 2 rings (SSSR count). The highest BCUT2D eigenvalue weighted by atomic mass is 16.1. The Hall–Kier alpha value is -0.370. The fraction of sp³-hybridized carbons (Fsp3) is 0.929. The normalized spacial score (nSPS) is 25.6. The zero-order valence-corrected chi connectivity index (χ0v) is 10.2. The van der Waals surface area contributed by atoms with Crippen molar-refractivity contribution in [2.75, 3.05) is 0 Å². The lowest BCUT2D eigenvalue weighted by Gasteiger charge is -2.42. The number of hydrogen-bond donors (Lipinski definition) is 1. The second-order valence-electron chi connectivity index (χ2n) is 5.70. The molecule has 0 unspecified atom stereocenters. The van der Waals surface area contributed by atoms with Crippen molar-refractivity contribution in [1.82, 2.24) is 0 Å². The van der Waals surface area contributed by atoms with E-state index >= 15 is 0 Å². The molecule has 2 aliphatic rings. The van der Waals surface area contributed by atoms with E-state index in [-0.39, 0.29) is 0 Å². The van der Waals surface area contributed by atoms with Crippen molar-refractivity contribution in [2.45, 2.75) is 69.7 Å². The minimum absolute atomic E-state index is 0.404. The van der Waals surface area contributed by atoms with Gasteiger partial charge in [0, 0.05) is 0 Å². The first kappa shape index (κ1) is 12.1. The summed E-state index contributed by atoms with van der Waals surface area (Å²) in [5.74, 6) is 0.809. The molecule has 0 spiro atoms. The summed E-state index contributed by atoms with van der Waals surface area (Å²) in [6.45, 7) is 0. The van der Waals surface area contributed by atoms with E-state index in [1.165, 1.54) is 38.5 Å². The predicted octanol–water partition coefficient (Wildman–Crippen LogP) is 2.95. The van der Waals surface area contributed by atoms with Crippen molar-refractivity contribution in [2.24, 2.45) is 17.6 Å². The molecule has 0 heterocycles. The van der Waals surface area contributed by atoms with Gasteiger partial charge in [0.25, 0.3) is 0 Å². The van der Waals surface area contributed by atoms with Crippen LogP contribution in [0.1, 0.15) is 64.2 Å². The average Bonchev–Trinajstić information content (AvgIpc) is 2.40. The Morgan fingerprint density at radius 3 is 1.50 bits per heavy atom. The van der Waals surface area contributed by atoms with E-state index in [2.05, 4.69) is 6.29 Å². The van der Waals surface area contributed by atoms with Crippen LogP contribution in [0.15, 0.2) is 0 Å². The lowest BCUT2D eigenvalue weighted by Crippen LogP contribution is -2.55. The van der Waals surface area contributed by atoms with Crippen LogP contribution in [-0.4, -0.2) is 11.8 Å². The molecule has 0 aromatic carbocycles. The molecule has 0 atom stereocenters. The van der Waals surface area contributed by atoms with Gasteiger partial charge in [0.15, 0.2) is 0 Å². The van der Waals surface area contributed by atoms with E-state index < -0.39 is 5.54 Å². The molecule has 1 radical (unpaired) electrons. The van der Waals surface area contributed by atoms with E-state index in [1.54, 1.807) is 0 Å². The van der Waals surface area contributed by atoms with E-state index in [4.69, 9.17) is 5.73 Å². The quantitative estimate of drug-likeness (QED) is 0.797. The molecule has 2 N–H and O–H groups in total. The van der Waals surface area contributed by atoms with Crippen LogP contribution in [0.25, 0.3) is 0 Å². The minimum atomic E-state index is -0.624. The molecular formula is C14H24NO. The largest absolute Gasteiger partial charge is 0.318 e. The summed E-state index contributed by atoms with van der Waals surface area (Å²) in [6.07, 6.45) is 14.4. The summed E-state index contributed by atoms with van der Waals surface area (Å²) in [6, 6.07) is 0. The third-order valence-corrected chi connectivity index (χ3v) is 4.74. The van der Waals surface area contributed by atoms with Crippen molar-refractivity contribution in [1.29, 1.82) is 0 Å². The smallest absolute Gasteiger partial charge is 0.220 e. The Balaban J connectivity index is 2.06. The van der Waals surface area contributed by atoms with Crippen LogP contribution in [0, 0.1) is 11.8 Å². The highest BCUT2D eigenvalue weighted by Crippen LogP contribution is 2.40. The average molecular weight is 222 g/mol. The highest BCUT2D eigenvalue weighted by Gasteiger charge is 2.43. The van der Waals surface area contributed by atoms with Gasteiger partial charge in [0.05, 0.1) is 5.54 Å². The van der Waals surface area contributed by atoms with Crippen molar-refractivity contribution in [3.05, 3.63) is 0 Å². The standard InChI is InChI=1S/C14H24NO/c15-14(11-16,12-7-3-1-4-8-12)13-9-5-2-6-10-13/h12-13H,1-10,15H2. The van der Waals surface area contributed by atoms with Gasteiger partial charge in [0.2, 0.25) is 6.29 Å². The highest BCUT2D eigenvalue weighted by molar-refractivity contribution is 5.66. The second kappa shape index (κ2) is 5.31. The summed E-state index contributed by atoms with van der Waals surface area (Å²) >= 11 is 0. The Morgan fingerprint density at radius 2 is 1.19 bits per heavy atom. The SMILES string of the molecule is NC([C]=O)(C1CCCCC1)C1CCCCC1. The molecule has 0 amide bonds. The summed E-state index contributed by atoms with van der Waals surface area (Å²) in [5, 5.41) is 0. The van der Waals surface area contributed by atoms with Gasteiger partial charge >= 0.3 is 0 Å². The molecule has 16 heavy (non-hydrogen) atoms. The molecule has 0 aliphatic heterocycles. The van der Waals surface area contributed by atoms with Crippen LogP contribution in [0.4, 0.5) is 0 Å². The Morgan fingerprint density at radius 1 is 0.812 bits per heavy atom. The van der Waals surface area contributed by atoms with Crippen LogP contribution >= 0.6 is 0 Å². The van der Waals surface area contributed by atoms with Gasteiger partial charge in [-0.1, -0.05) is 38.5 Å². The Labute approximate surface area is 99.0 Å². The van der Waals surface area contributed by atoms with Crippen LogP contribution in [-0.2, 0) is 4.79 Å². The van der Waals surface area contributed by atoms with E-state index in [0.29, 0.717) is 11.8 Å². The monoisotopic (exact) mass is 222 g/mol. The first-order valence-electron chi connectivity index (χ1n) is 6.95. The van der Waals surface area contributed by atoms with Gasteiger partial charge in [0.1, 0.15) is 0 Å². The van der Waals surface area contributed by atoms with Gasteiger partial charge in [-0.2, -0.15) is 0 Å². The van der Waals surface area contributed by atoms with Gasteiger partial charge in [-0.15, -0.1) is 0 Å². The topological polar surface area (TPSA) is 43.1 Å². The first-order chi connectivity index (χ1) is 7.77. The molecule has 2 fully saturated rings. The number of nitrogens with two attached hydrogens (primary N) is 1. The lowest BCUT2D eigenvalue weighted by atomic mass is 9.65. The van der Waals surface area contributed by atoms with Crippen molar-refractivity contribution in [3.63, 3.8) is 0 Å². The fourth-order valence-electron chi connectivity index (χ4n) is 3.66. The predicted molar refractivity (Wildman–Crippen MR) is 65.8 cm³/mol. The van der Waals surface area contributed by atoms with E-state index in [0.717, 1.165) is 25.7 Å². The molecule has 2 saturated carbocycles. The zero-order valence-electron chi connectivity index (χ0n) is 10.2. The van der Waals surface area contributed by atoms with Crippen LogP contribution in [0.3, 0.4) is 0 Å². The molecule has 2 nitrogen and oxygen atoms in total. The minimum Gasteiger partial charge on any atom is -0.318 e. The number of carbonyl (C=O) groups excluding carboxylic acids is 1. The summed E-state index contributed by atoms with van der Waals surface area (Å²) in [5.41, 5.74) is 5.80. The van der Waals surface area contributed by atoms with Crippen LogP contribution in [0.5, 0.6) is 0 Å². The van der Waals surface area contributed by atoms with Crippen LogP contribution in [0.2, 0.25) is 0 Å². The summed E-state index contributed by atoms with van der Waals surface area (Å²) in [7, 11) is 0. The molecule has 2 aliphatic carbocycles. The van der Waals surface area contributed by atoms with Gasteiger partial charge in [-0.05, 0) is 37.5 Å². The second-order valence-corrected chi connectivity index (χ2v) is 5.70. The molecule has 0 aromatic rings. The van der Waals surface area contributed by atoms with E-state index in [1.807, 2.05) is 0 Å². The lowest BCUT2D eigenvalue weighted by molar-refractivity contribution is 0.158. The zero-order chi connectivity index (χ0) is 11.4. The molecule has 2 heteroatoms. The Bertz CT molecular complexity index is 209. The number of rotatable bonds is 3. The van der Waals surface area contributed by atoms with Crippen molar-refractivity contribution in [3.8, 4) is 0 Å². The van der Waals surface area contributed by atoms with Gasteiger partial charge in [-0.3, -0.25) is 4.79 Å².